The molecule has 0 bridgehead atoms. The van der Waals surface area contributed by atoms with E-state index in [1.54, 1.807) is 48.5 Å². The summed E-state index contributed by atoms with van der Waals surface area (Å²) >= 11 is 0. The molecule has 4 aromatic carbocycles. The third-order valence-corrected chi connectivity index (χ3v) is 7.84. The van der Waals surface area contributed by atoms with Gasteiger partial charge in [0, 0.05) is 22.9 Å². The number of hydrogen-bond acceptors (Lipinski definition) is 6. The number of hydrogen-bond donors (Lipinski definition) is 2. The minimum Gasteiger partial charge on any atom is -0.497 e. The van der Waals surface area contributed by atoms with Crippen molar-refractivity contribution in [2.45, 2.75) is 9.79 Å². The van der Waals surface area contributed by atoms with E-state index in [2.05, 4.69) is 9.44 Å². The summed E-state index contributed by atoms with van der Waals surface area (Å²) in [5, 5.41) is 1.06. The molecule has 0 aliphatic carbocycles. The van der Waals surface area contributed by atoms with Gasteiger partial charge in [0.05, 0.1) is 35.4 Å². The van der Waals surface area contributed by atoms with Crippen molar-refractivity contribution in [3.63, 3.8) is 0 Å². The fourth-order valence-electron chi connectivity index (χ4n) is 3.42. The van der Waals surface area contributed by atoms with E-state index in [0.29, 0.717) is 33.6 Å². The van der Waals surface area contributed by atoms with E-state index >= 15 is 0 Å². The summed E-state index contributed by atoms with van der Waals surface area (Å²) in [6, 6.07) is 22.2. The molecule has 0 atom stereocenters. The molecular weight excluding hydrogens is 476 g/mol. The van der Waals surface area contributed by atoms with Crippen LogP contribution in [0.3, 0.4) is 0 Å². The highest BCUT2D eigenvalue weighted by atomic mass is 32.2. The lowest BCUT2D eigenvalue weighted by Gasteiger charge is -2.15. The number of ether oxygens (including phenoxy) is 2. The summed E-state index contributed by atoms with van der Waals surface area (Å²) in [7, 11) is -4.92. The van der Waals surface area contributed by atoms with Crippen LogP contribution in [0.15, 0.2) is 94.7 Å². The molecule has 0 saturated heterocycles. The average Bonchev–Trinajstić information content (AvgIpc) is 2.85. The number of nitrogens with one attached hydrogen (secondary N) is 2. The molecular formula is C24H22N2O6S2. The molecule has 0 heterocycles. The molecule has 0 amide bonds. The molecule has 0 radical (unpaired) electrons. The molecule has 176 valence electrons. The molecule has 2 N–H and O–H groups in total. The van der Waals surface area contributed by atoms with Gasteiger partial charge in [0.15, 0.2) is 0 Å². The van der Waals surface area contributed by atoms with Gasteiger partial charge in [0.1, 0.15) is 11.5 Å². The van der Waals surface area contributed by atoms with E-state index in [1.807, 2.05) is 0 Å². The highest BCUT2D eigenvalue weighted by Gasteiger charge is 2.20. The normalized spacial score (nSPS) is 11.7. The third kappa shape index (κ3) is 4.78. The van der Waals surface area contributed by atoms with Crippen LogP contribution in [-0.2, 0) is 20.0 Å². The first-order valence-electron chi connectivity index (χ1n) is 10.1. The third-order valence-electron chi connectivity index (χ3n) is 5.12. The van der Waals surface area contributed by atoms with Crippen molar-refractivity contribution in [3.05, 3.63) is 84.9 Å². The number of methoxy groups -OCH3 is 2. The van der Waals surface area contributed by atoms with E-state index in [4.69, 9.17) is 9.47 Å². The first kappa shape index (κ1) is 23.4. The molecule has 4 rings (SSSR count). The van der Waals surface area contributed by atoms with Crippen LogP contribution in [0.5, 0.6) is 11.5 Å². The molecule has 0 aromatic heterocycles. The van der Waals surface area contributed by atoms with E-state index in [-0.39, 0.29) is 9.79 Å². The Hall–Kier alpha value is -3.76. The largest absolute Gasteiger partial charge is 0.497 e. The fourth-order valence-corrected chi connectivity index (χ4v) is 5.65. The van der Waals surface area contributed by atoms with Crippen LogP contribution >= 0.6 is 0 Å². The van der Waals surface area contributed by atoms with Gasteiger partial charge in [-0.3, -0.25) is 9.44 Å². The number of fused-ring (bicyclic) bond motifs is 1. The maximum atomic E-state index is 13.0. The van der Waals surface area contributed by atoms with Crippen molar-refractivity contribution in [2.75, 3.05) is 23.7 Å². The summed E-state index contributed by atoms with van der Waals surface area (Å²) in [6.07, 6.45) is 0. The number of sulfonamides is 2. The molecule has 0 saturated carbocycles. The first-order valence-corrected chi connectivity index (χ1v) is 13.1. The second kappa shape index (κ2) is 9.24. The second-order valence-electron chi connectivity index (χ2n) is 7.28. The summed E-state index contributed by atoms with van der Waals surface area (Å²) in [5.74, 6) is 0.824. The van der Waals surface area contributed by atoms with Crippen molar-refractivity contribution in [3.8, 4) is 11.5 Å². The Bertz CT molecular complexity index is 1450. The van der Waals surface area contributed by atoms with Gasteiger partial charge in [-0.25, -0.2) is 16.8 Å². The van der Waals surface area contributed by atoms with Gasteiger partial charge in [-0.15, -0.1) is 0 Å². The highest BCUT2D eigenvalue weighted by Crippen LogP contribution is 2.33. The quantitative estimate of drug-likeness (QED) is 0.371. The van der Waals surface area contributed by atoms with Gasteiger partial charge >= 0.3 is 0 Å². The lowest BCUT2D eigenvalue weighted by Crippen LogP contribution is -2.15. The monoisotopic (exact) mass is 498 g/mol. The number of anilines is 2. The van der Waals surface area contributed by atoms with Gasteiger partial charge in [-0.1, -0.05) is 36.4 Å². The Labute approximate surface area is 198 Å². The van der Waals surface area contributed by atoms with Crippen LogP contribution in [0.1, 0.15) is 0 Å². The maximum absolute atomic E-state index is 13.0. The zero-order chi connectivity index (χ0) is 24.3. The molecule has 34 heavy (non-hydrogen) atoms. The summed E-state index contributed by atoms with van der Waals surface area (Å²) in [6.45, 7) is 0. The maximum Gasteiger partial charge on any atom is 0.262 e. The van der Waals surface area contributed by atoms with Crippen LogP contribution in [0.2, 0.25) is 0 Å². The average molecular weight is 499 g/mol. The van der Waals surface area contributed by atoms with Crippen LogP contribution < -0.4 is 18.9 Å². The Morgan fingerprint density at radius 1 is 0.559 bits per heavy atom. The number of benzene rings is 4. The fraction of sp³-hybridized carbons (Fsp3) is 0.0833. The zero-order valence-corrected chi connectivity index (χ0v) is 20.0. The standard InChI is InChI=1S/C24H22N2O6S2/c1-31-17-7-5-9-19(15-17)33(27,28)25-23-13-14-24(22-12-4-3-11-21(22)23)26-34(29,30)20-10-6-8-18(16-20)32-2/h3-16,25-26H,1-2H3. The second-order valence-corrected chi connectivity index (χ2v) is 10.6. The Balaban J connectivity index is 1.71. The van der Waals surface area contributed by atoms with Gasteiger partial charge in [0.25, 0.3) is 20.0 Å². The van der Waals surface area contributed by atoms with Gasteiger partial charge in [0.2, 0.25) is 0 Å². The van der Waals surface area contributed by atoms with Crippen molar-refractivity contribution in [1.82, 2.24) is 0 Å². The van der Waals surface area contributed by atoms with Crippen molar-refractivity contribution < 1.29 is 26.3 Å². The number of rotatable bonds is 8. The van der Waals surface area contributed by atoms with E-state index in [0.717, 1.165) is 0 Å². The van der Waals surface area contributed by atoms with Crippen molar-refractivity contribution in [1.29, 1.82) is 0 Å². The summed E-state index contributed by atoms with van der Waals surface area (Å²) < 4.78 is 67.3. The van der Waals surface area contributed by atoms with Gasteiger partial charge in [-0.2, -0.15) is 0 Å². The van der Waals surface area contributed by atoms with Crippen LogP contribution in [0.4, 0.5) is 11.4 Å². The Kier molecular flexibility index (Phi) is 6.36. The van der Waals surface area contributed by atoms with E-state index < -0.39 is 20.0 Å². The highest BCUT2D eigenvalue weighted by molar-refractivity contribution is 7.93. The van der Waals surface area contributed by atoms with Crippen LogP contribution in [0.25, 0.3) is 10.8 Å². The summed E-state index contributed by atoms with van der Waals surface area (Å²) in [4.78, 5) is 0.0810. The van der Waals surface area contributed by atoms with Crippen LogP contribution in [0, 0.1) is 0 Å². The van der Waals surface area contributed by atoms with Crippen molar-refractivity contribution in [2.24, 2.45) is 0 Å². The SMILES string of the molecule is COc1cccc(S(=O)(=O)Nc2ccc(NS(=O)(=O)c3cccc(OC)c3)c3ccccc23)c1. The molecule has 8 nitrogen and oxygen atoms in total. The lowest BCUT2D eigenvalue weighted by atomic mass is 10.1. The van der Waals surface area contributed by atoms with Crippen molar-refractivity contribution >= 4 is 42.2 Å². The van der Waals surface area contributed by atoms with Gasteiger partial charge in [-0.05, 0) is 36.4 Å². The Morgan fingerprint density at radius 2 is 0.971 bits per heavy atom. The topological polar surface area (TPSA) is 111 Å². The first-order chi connectivity index (χ1) is 16.2. The van der Waals surface area contributed by atoms with Crippen LogP contribution in [-0.4, -0.2) is 31.1 Å². The zero-order valence-electron chi connectivity index (χ0n) is 18.3. The lowest BCUT2D eigenvalue weighted by molar-refractivity contribution is 0.413. The van der Waals surface area contributed by atoms with E-state index in [9.17, 15) is 16.8 Å². The Morgan fingerprint density at radius 3 is 1.35 bits per heavy atom. The minimum atomic E-state index is -3.92. The summed E-state index contributed by atoms with van der Waals surface area (Å²) in [5.41, 5.74) is 0.616. The smallest absolute Gasteiger partial charge is 0.262 e. The predicted octanol–water partition coefficient (Wildman–Crippen LogP) is 4.46. The van der Waals surface area contributed by atoms with E-state index in [1.165, 1.54) is 50.6 Å². The minimum absolute atomic E-state index is 0.0405. The van der Waals surface area contributed by atoms with Gasteiger partial charge < -0.3 is 9.47 Å². The molecule has 10 heteroatoms. The molecule has 0 spiro atoms. The predicted molar refractivity (Wildman–Crippen MR) is 132 cm³/mol. The molecule has 0 fully saturated rings. The molecule has 0 aliphatic rings. The molecule has 4 aromatic rings. The molecule has 0 aliphatic heterocycles. The molecule has 0 unspecified atom stereocenters.